The molecule has 1 saturated carbocycles. The van der Waals surface area contributed by atoms with Crippen LogP contribution >= 0.6 is 12.2 Å². The van der Waals surface area contributed by atoms with Gasteiger partial charge in [0.15, 0.2) is 0 Å². The van der Waals surface area contributed by atoms with Gasteiger partial charge in [0.05, 0.1) is 11.0 Å². The van der Waals surface area contributed by atoms with E-state index in [1.807, 2.05) is 0 Å². The molecule has 1 rings (SSSR count). The third-order valence-corrected chi connectivity index (χ3v) is 3.13. The van der Waals surface area contributed by atoms with Gasteiger partial charge in [0.1, 0.15) is 0 Å². The maximum atomic E-state index is 5.76. The number of hydrogen-bond donors (Lipinski definition) is 1. The summed E-state index contributed by atoms with van der Waals surface area (Å²) in [6.07, 6.45) is 5.02. The van der Waals surface area contributed by atoms with Crippen molar-refractivity contribution in [3.05, 3.63) is 0 Å². The zero-order chi connectivity index (χ0) is 10.6. The SMILES string of the molecule is CCCN(CC1CC1)C(CC)C(N)=S. The number of thiocarbonyl (C=S) groups is 1. The predicted octanol–water partition coefficient (Wildman–Crippen LogP) is 2.17. The molecule has 1 aliphatic carbocycles. The lowest BCUT2D eigenvalue weighted by molar-refractivity contribution is 0.228. The number of hydrogen-bond acceptors (Lipinski definition) is 2. The van der Waals surface area contributed by atoms with E-state index in [0.29, 0.717) is 11.0 Å². The second-order valence-corrected chi connectivity index (χ2v) is 4.74. The first-order chi connectivity index (χ1) is 6.69. The lowest BCUT2D eigenvalue weighted by atomic mass is 10.1. The molecular weight excluding hydrogens is 192 g/mol. The summed E-state index contributed by atoms with van der Waals surface area (Å²) < 4.78 is 0. The average Bonchev–Trinajstić information content (AvgIpc) is 2.89. The van der Waals surface area contributed by atoms with Crippen LogP contribution < -0.4 is 5.73 Å². The highest BCUT2D eigenvalue weighted by Crippen LogP contribution is 2.30. The van der Waals surface area contributed by atoms with Gasteiger partial charge in [0.25, 0.3) is 0 Å². The van der Waals surface area contributed by atoms with Crippen molar-refractivity contribution in [2.24, 2.45) is 11.7 Å². The van der Waals surface area contributed by atoms with Crippen LogP contribution in [0.25, 0.3) is 0 Å². The van der Waals surface area contributed by atoms with Gasteiger partial charge in [0.2, 0.25) is 0 Å². The van der Waals surface area contributed by atoms with Crippen molar-refractivity contribution >= 4 is 17.2 Å². The lowest BCUT2D eigenvalue weighted by Crippen LogP contribution is -2.44. The fraction of sp³-hybridized carbons (Fsp3) is 0.909. The Kier molecular flexibility index (Phi) is 4.82. The van der Waals surface area contributed by atoms with Gasteiger partial charge in [-0.25, -0.2) is 0 Å². The number of nitrogens with zero attached hydrogens (tertiary/aromatic N) is 1. The van der Waals surface area contributed by atoms with E-state index in [-0.39, 0.29) is 0 Å². The molecule has 1 unspecified atom stereocenters. The molecule has 0 spiro atoms. The highest BCUT2D eigenvalue weighted by atomic mass is 32.1. The van der Waals surface area contributed by atoms with Crippen molar-refractivity contribution < 1.29 is 0 Å². The molecule has 14 heavy (non-hydrogen) atoms. The van der Waals surface area contributed by atoms with Crippen LogP contribution in [-0.4, -0.2) is 29.0 Å². The van der Waals surface area contributed by atoms with Crippen LogP contribution in [0.2, 0.25) is 0 Å². The summed E-state index contributed by atoms with van der Waals surface area (Å²) in [5, 5.41) is 0. The topological polar surface area (TPSA) is 29.3 Å². The molecule has 0 aromatic rings. The van der Waals surface area contributed by atoms with Crippen molar-refractivity contribution in [3.8, 4) is 0 Å². The molecule has 0 heterocycles. The van der Waals surface area contributed by atoms with E-state index < -0.39 is 0 Å². The Morgan fingerprint density at radius 3 is 2.50 bits per heavy atom. The van der Waals surface area contributed by atoms with Gasteiger partial charge in [-0.1, -0.05) is 26.1 Å². The summed E-state index contributed by atoms with van der Waals surface area (Å²) in [7, 11) is 0. The van der Waals surface area contributed by atoms with E-state index in [1.165, 1.54) is 25.8 Å². The van der Waals surface area contributed by atoms with Gasteiger partial charge in [-0.3, -0.25) is 4.90 Å². The lowest BCUT2D eigenvalue weighted by Gasteiger charge is -2.30. The molecule has 1 aliphatic rings. The summed E-state index contributed by atoms with van der Waals surface area (Å²) in [4.78, 5) is 3.14. The first-order valence-corrected chi connectivity index (χ1v) is 6.13. The van der Waals surface area contributed by atoms with E-state index in [9.17, 15) is 0 Å². The Morgan fingerprint density at radius 1 is 1.50 bits per heavy atom. The van der Waals surface area contributed by atoms with E-state index in [0.717, 1.165) is 18.9 Å². The Hall–Kier alpha value is -0.150. The Labute approximate surface area is 92.8 Å². The molecule has 0 amide bonds. The standard InChI is InChI=1S/C11H22N2S/c1-3-7-13(8-9-5-6-9)10(4-2)11(12)14/h9-10H,3-8H2,1-2H3,(H2,12,14). The molecule has 1 fully saturated rings. The first kappa shape index (κ1) is 11.9. The first-order valence-electron chi connectivity index (χ1n) is 5.72. The fourth-order valence-electron chi connectivity index (χ4n) is 1.93. The van der Waals surface area contributed by atoms with Crippen molar-refractivity contribution in [3.63, 3.8) is 0 Å². The molecular formula is C11H22N2S. The molecule has 0 bridgehead atoms. The summed E-state index contributed by atoms with van der Waals surface area (Å²) in [6, 6.07) is 0.325. The molecule has 2 nitrogen and oxygen atoms in total. The second-order valence-electron chi connectivity index (χ2n) is 4.26. The van der Waals surface area contributed by atoms with Crippen LogP contribution in [0.4, 0.5) is 0 Å². The summed E-state index contributed by atoms with van der Waals surface area (Å²) in [5.41, 5.74) is 5.76. The summed E-state index contributed by atoms with van der Waals surface area (Å²) >= 11 is 5.12. The van der Waals surface area contributed by atoms with Crippen LogP contribution in [0.1, 0.15) is 39.5 Å². The zero-order valence-corrected chi connectivity index (χ0v) is 10.1. The third kappa shape index (κ3) is 3.54. The van der Waals surface area contributed by atoms with Gasteiger partial charge in [-0.2, -0.15) is 0 Å². The molecule has 82 valence electrons. The largest absolute Gasteiger partial charge is 0.392 e. The molecule has 0 aromatic heterocycles. The van der Waals surface area contributed by atoms with E-state index in [1.54, 1.807) is 0 Å². The van der Waals surface area contributed by atoms with Crippen LogP contribution in [0.3, 0.4) is 0 Å². The van der Waals surface area contributed by atoms with Crippen molar-refractivity contribution in [1.82, 2.24) is 4.90 Å². The maximum absolute atomic E-state index is 5.76. The monoisotopic (exact) mass is 214 g/mol. The molecule has 0 saturated heterocycles. The van der Waals surface area contributed by atoms with Crippen LogP contribution in [0, 0.1) is 5.92 Å². The number of rotatable bonds is 7. The smallest absolute Gasteiger partial charge is 0.0901 e. The van der Waals surface area contributed by atoms with Gasteiger partial charge in [0, 0.05) is 6.54 Å². The van der Waals surface area contributed by atoms with Crippen molar-refractivity contribution in [2.75, 3.05) is 13.1 Å². The van der Waals surface area contributed by atoms with Gasteiger partial charge < -0.3 is 5.73 Å². The predicted molar refractivity (Wildman–Crippen MR) is 65.5 cm³/mol. The molecule has 3 heteroatoms. The quantitative estimate of drug-likeness (QED) is 0.659. The second kappa shape index (κ2) is 5.66. The Balaban J connectivity index is 2.47. The molecule has 2 N–H and O–H groups in total. The summed E-state index contributed by atoms with van der Waals surface area (Å²) in [6.45, 7) is 6.71. The highest BCUT2D eigenvalue weighted by Gasteiger charge is 2.27. The minimum absolute atomic E-state index is 0.325. The van der Waals surface area contributed by atoms with Gasteiger partial charge in [-0.15, -0.1) is 0 Å². The van der Waals surface area contributed by atoms with Crippen LogP contribution in [0.15, 0.2) is 0 Å². The zero-order valence-electron chi connectivity index (χ0n) is 9.33. The Morgan fingerprint density at radius 2 is 2.14 bits per heavy atom. The van der Waals surface area contributed by atoms with Crippen molar-refractivity contribution in [1.29, 1.82) is 0 Å². The molecule has 0 aromatic carbocycles. The van der Waals surface area contributed by atoms with E-state index in [2.05, 4.69) is 18.7 Å². The fourth-order valence-corrected chi connectivity index (χ4v) is 2.25. The van der Waals surface area contributed by atoms with Crippen LogP contribution in [0.5, 0.6) is 0 Å². The Bertz CT molecular complexity index is 190. The van der Waals surface area contributed by atoms with Gasteiger partial charge in [-0.05, 0) is 38.1 Å². The highest BCUT2D eigenvalue weighted by molar-refractivity contribution is 7.80. The summed E-state index contributed by atoms with van der Waals surface area (Å²) in [5.74, 6) is 0.921. The molecule has 1 atom stereocenters. The van der Waals surface area contributed by atoms with Crippen LogP contribution in [-0.2, 0) is 0 Å². The minimum atomic E-state index is 0.325. The molecule has 0 aliphatic heterocycles. The number of nitrogens with two attached hydrogens (primary N) is 1. The van der Waals surface area contributed by atoms with E-state index >= 15 is 0 Å². The van der Waals surface area contributed by atoms with E-state index in [4.69, 9.17) is 18.0 Å². The third-order valence-electron chi connectivity index (χ3n) is 2.86. The van der Waals surface area contributed by atoms with Gasteiger partial charge >= 0.3 is 0 Å². The normalized spacial score (nSPS) is 18.5. The average molecular weight is 214 g/mol. The van der Waals surface area contributed by atoms with Crippen molar-refractivity contribution in [2.45, 2.75) is 45.6 Å². The minimum Gasteiger partial charge on any atom is -0.392 e. The maximum Gasteiger partial charge on any atom is 0.0901 e. The molecule has 0 radical (unpaired) electrons.